The summed E-state index contributed by atoms with van der Waals surface area (Å²) < 4.78 is 10.7. The molecular formula is C13H18O3. The van der Waals surface area contributed by atoms with Gasteiger partial charge < -0.3 is 14.6 Å². The molecule has 0 atom stereocenters. The number of allylic oxidation sites excluding steroid dienone is 1. The molecule has 0 bridgehead atoms. The number of benzene rings is 1. The van der Waals surface area contributed by atoms with Gasteiger partial charge in [-0.25, -0.2) is 0 Å². The fourth-order valence-electron chi connectivity index (χ4n) is 1.33. The van der Waals surface area contributed by atoms with Gasteiger partial charge >= 0.3 is 0 Å². The summed E-state index contributed by atoms with van der Waals surface area (Å²) in [4.78, 5) is 0. The van der Waals surface area contributed by atoms with E-state index >= 15 is 0 Å². The van der Waals surface area contributed by atoms with Gasteiger partial charge in [-0.05, 0) is 31.6 Å². The second-order valence-electron chi connectivity index (χ2n) is 3.38. The van der Waals surface area contributed by atoms with Gasteiger partial charge in [0.05, 0.1) is 19.3 Å². The summed E-state index contributed by atoms with van der Waals surface area (Å²) in [6.07, 6.45) is 2.56. The lowest BCUT2D eigenvalue weighted by molar-refractivity contribution is 0.312. The zero-order valence-electron chi connectivity index (χ0n) is 9.99. The summed E-state index contributed by atoms with van der Waals surface area (Å²) in [5.41, 5.74) is 0.691. The number of aliphatic hydroxyl groups is 1. The van der Waals surface area contributed by atoms with Gasteiger partial charge in [0.25, 0.3) is 0 Å². The van der Waals surface area contributed by atoms with Crippen LogP contribution in [-0.4, -0.2) is 18.8 Å². The van der Waals surface area contributed by atoms with E-state index in [9.17, 15) is 5.11 Å². The average molecular weight is 222 g/mol. The van der Waals surface area contributed by atoms with Crippen molar-refractivity contribution in [3.8, 4) is 11.5 Å². The Balaban J connectivity index is 3.06. The van der Waals surface area contributed by atoms with Crippen molar-refractivity contribution < 1.29 is 14.6 Å². The third-order valence-corrected chi connectivity index (χ3v) is 2.20. The molecule has 1 rings (SSSR count). The Labute approximate surface area is 96.3 Å². The predicted octanol–water partition coefficient (Wildman–Crippen LogP) is 3.40. The Morgan fingerprint density at radius 1 is 1.44 bits per heavy atom. The van der Waals surface area contributed by atoms with Crippen molar-refractivity contribution in [1.82, 2.24) is 0 Å². The molecule has 0 saturated heterocycles. The summed E-state index contributed by atoms with van der Waals surface area (Å²) in [5, 5.41) is 9.71. The molecule has 0 amide bonds. The summed E-state index contributed by atoms with van der Waals surface area (Å²) in [6, 6.07) is 5.37. The van der Waals surface area contributed by atoms with Crippen molar-refractivity contribution in [2.24, 2.45) is 0 Å². The standard InChI is InChI=1S/C13H18O3/c1-4-8-16-13-9-10(15-3)6-7-11(13)12(14)5-2/h5-7,9,14H,4,8H2,1-3H3/b12-5+. The van der Waals surface area contributed by atoms with Crippen LogP contribution in [0, 0.1) is 0 Å². The molecule has 88 valence electrons. The van der Waals surface area contributed by atoms with Gasteiger partial charge in [-0.3, -0.25) is 0 Å². The highest BCUT2D eigenvalue weighted by atomic mass is 16.5. The molecule has 0 aromatic heterocycles. The van der Waals surface area contributed by atoms with Crippen molar-refractivity contribution in [2.45, 2.75) is 20.3 Å². The fourth-order valence-corrected chi connectivity index (χ4v) is 1.33. The molecule has 0 heterocycles. The van der Waals surface area contributed by atoms with Crippen molar-refractivity contribution in [3.63, 3.8) is 0 Å². The van der Waals surface area contributed by atoms with Crippen molar-refractivity contribution in [2.75, 3.05) is 13.7 Å². The van der Waals surface area contributed by atoms with Gasteiger partial charge in [-0.1, -0.05) is 6.92 Å². The van der Waals surface area contributed by atoms with Gasteiger partial charge in [0.2, 0.25) is 0 Å². The smallest absolute Gasteiger partial charge is 0.133 e. The number of hydrogen-bond donors (Lipinski definition) is 1. The lowest BCUT2D eigenvalue weighted by Crippen LogP contribution is -1.99. The van der Waals surface area contributed by atoms with E-state index in [1.165, 1.54) is 0 Å². The largest absolute Gasteiger partial charge is 0.508 e. The Morgan fingerprint density at radius 2 is 2.19 bits per heavy atom. The molecule has 0 unspecified atom stereocenters. The topological polar surface area (TPSA) is 38.7 Å². The monoisotopic (exact) mass is 222 g/mol. The molecule has 1 aromatic rings. The van der Waals surface area contributed by atoms with Crippen molar-refractivity contribution in [3.05, 3.63) is 29.8 Å². The van der Waals surface area contributed by atoms with Crippen LogP contribution in [0.25, 0.3) is 5.76 Å². The number of hydrogen-bond acceptors (Lipinski definition) is 3. The van der Waals surface area contributed by atoms with Gasteiger partial charge in [0.15, 0.2) is 0 Å². The predicted molar refractivity (Wildman–Crippen MR) is 65.1 cm³/mol. The molecule has 16 heavy (non-hydrogen) atoms. The molecule has 0 aliphatic carbocycles. The number of aliphatic hydroxyl groups excluding tert-OH is 1. The Hall–Kier alpha value is -1.64. The molecule has 0 radical (unpaired) electrons. The molecule has 0 aliphatic heterocycles. The van der Waals surface area contributed by atoms with E-state index in [0.717, 1.165) is 12.2 Å². The van der Waals surface area contributed by atoms with E-state index in [1.54, 1.807) is 38.3 Å². The molecule has 1 N–H and O–H groups in total. The highest BCUT2D eigenvalue weighted by molar-refractivity contribution is 5.65. The Bertz CT molecular complexity index is 369. The maximum Gasteiger partial charge on any atom is 0.133 e. The molecule has 1 aromatic carbocycles. The van der Waals surface area contributed by atoms with E-state index in [4.69, 9.17) is 9.47 Å². The van der Waals surface area contributed by atoms with Crippen LogP contribution in [0.15, 0.2) is 24.3 Å². The van der Waals surface area contributed by atoms with E-state index < -0.39 is 0 Å². The van der Waals surface area contributed by atoms with Crippen LogP contribution in [0.5, 0.6) is 11.5 Å². The second-order valence-corrected chi connectivity index (χ2v) is 3.38. The van der Waals surface area contributed by atoms with Crippen LogP contribution in [-0.2, 0) is 0 Å². The summed E-state index contributed by atoms with van der Waals surface area (Å²) in [5.74, 6) is 1.59. The van der Waals surface area contributed by atoms with E-state index in [2.05, 4.69) is 0 Å². The van der Waals surface area contributed by atoms with E-state index in [1.807, 2.05) is 6.92 Å². The summed E-state index contributed by atoms with van der Waals surface area (Å²) in [6.45, 7) is 4.44. The normalized spacial score (nSPS) is 11.3. The minimum atomic E-state index is 0.216. The number of methoxy groups -OCH3 is 1. The van der Waals surface area contributed by atoms with Gasteiger partial charge in [0.1, 0.15) is 17.3 Å². The van der Waals surface area contributed by atoms with E-state index in [0.29, 0.717) is 17.9 Å². The van der Waals surface area contributed by atoms with Crippen molar-refractivity contribution in [1.29, 1.82) is 0 Å². The van der Waals surface area contributed by atoms with Crippen LogP contribution in [0.1, 0.15) is 25.8 Å². The minimum absolute atomic E-state index is 0.216. The SMILES string of the molecule is C/C=C(/O)c1ccc(OC)cc1OCCC. The first-order valence-electron chi connectivity index (χ1n) is 5.39. The molecule has 0 fully saturated rings. The fraction of sp³-hybridized carbons (Fsp3) is 0.385. The number of rotatable bonds is 5. The van der Waals surface area contributed by atoms with Crippen LogP contribution >= 0.6 is 0 Å². The first kappa shape index (κ1) is 12.4. The highest BCUT2D eigenvalue weighted by Crippen LogP contribution is 2.29. The van der Waals surface area contributed by atoms with Crippen LogP contribution in [0.4, 0.5) is 0 Å². The van der Waals surface area contributed by atoms with Gasteiger partial charge in [0, 0.05) is 6.07 Å². The lowest BCUT2D eigenvalue weighted by atomic mass is 10.1. The average Bonchev–Trinajstić information content (AvgIpc) is 2.34. The zero-order chi connectivity index (χ0) is 12.0. The Morgan fingerprint density at radius 3 is 2.75 bits per heavy atom. The molecular weight excluding hydrogens is 204 g/mol. The highest BCUT2D eigenvalue weighted by Gasteiger charge is 2.08. The molecule has 3 nitrogen and oxygen atoms in total. The van der Waals surface area contributed by atoms with E-state index in [-0.39, 0.29) is 5.76 Å². The van der Waals surface area contributed by atoms with Gasteiger partial charge in [-0.2, -0.15) is 0 Å². The van der Waals surface area contributed by atoms with Crippen LogP contribution < -0.4 is 9.47 Å². The molecule has 0 saturated carbocycles. The van der Waals surface area contributed by atoms with Gasteiger partial charge in [-0.15, -0.1) is 0 Å². The Kier molecular flexibility index (Phi) is 4.70. The van der Waals surface area contributed by atoms with Crippen molar-refractivity contribution >= 4 is 5.76 Å². The maximum absolute atomic E-state index is 9.71. The molecule has 0 aliphatic rings. The lowest BCUT2D eigenvalue weighted by Gasteiger charge is -2.11. The summed E-state index contributed by atoms with van der Waals surface area (Å²) >= 11 is 0. The molecule has 0 spiro atoms. The maximum atomic E-state index is 9.71. The quantitative estimate of drug-likeness (QED) is 0.776. The third kappa shape index (κ3) is 2.92. The van der Waals surface area contributed by atoms with Crippen LogP contribution in [0.3, 0.4) is 0 Å². The summed E-state index contributed by atoms with van der Waals surface area (Å²) in [7, 11) is 1.61. The number of ether oxygens (including phenoxy) is 2. The van der Waals surface area contributed by atoms with Crippen LogP contribution in [0.2, 0.25) is 0 Å². The third-order valence-electron chi connectivity index (χ3n) is 2.20. The zero-order valence-corrected chi connectivity index (χ0v) is 9.99. The first-order valence-corrected chi connectivity index (χ1v) is 5.39. The second kappa shape index (κ2) is 6.05. The molecule has 3 heteroatoms. The first-order chi connectivity index (χ1) is 7.72. The minimum Gasteiger partial charge on any atom is -0.508 e.